The Kier molecular flexibility index (Phi) is 2.87. The number of para-hydroxylation sites is 1. The van der Waals surface area contributed by atoms with E-state index in [4.69, 9.17) is 5.11 Å². The fourth-order valence-electron chi connectivity index (χ4n) is 1.65. The molecule has 0 aliphatic carbocycles. The van der Waals surface area contributed by atoms with E-state index >= 15 is 0 Å². The van der Waals surface area contributed by atoms with Crippen molar-refractivity contribution in [3.8, 4) is 11.5 Å². The van der Waals surface area contributed by atoms with Crippen LogP contribution in [0.3, 0.4) is 0 Å². The Morgan fingerprint density at radius 3 is 2.82 bits per heavy atom. The molecule has 1 aliphatic heterocycles. The van der Waals surface area contributed by atoms with Crippen LogP contribution < -0.4 is 9.47 Å². The van der Waals surface area contributed by atoms with Crippen LogP contribution in [0.4, 0.5) is 8.78 Å². The maximum atomic E-state index is 12.8. The van der Waals surface area contributed by atoms with E-state index < -0.39 is 12.3 Å². The van der Waals surface area contributed by atoms with E-state index in [1.165, 1.54) is 6.07 Å². The Labute approximate surface area is 95.8 Å². The molecule has 17 heavy (non-hydrogen) atoms. The number of benzene rings is 1. The predicted octanol–water partition coefficient (Wildman–Crippen LogP) is 2.42. The monoisotopic (exact) mass is 244 g/mol. The highest BCUT2D eigenvalue weighted by Crippen LogP contribution is 2.43. The van der Waals surface area contributed by atoms with Crippen LogP contribution >= 0.6 is 0 Å². The molecule has 6 heteroatoms. The second-order valence-corrected chi connectivity index (χ2v) is 3.66. The van der Waals surface area contributed by atoms with Crippen molar-refractivity contribution in [3.63, 3.8) is 0 Å². The first-order chi connectivity index (χ1) is 7.98. The molecule has 0 saturated heterocycles. The zero-order chi connectivity index (χ0) is 12.5. The highest BCUT2D eigenvalue weighted by molar-refractivity contribution is 5.66. The minimum absolute atomic E-state index is 0.00267. The van der Waals surface area contributed by atoms with Crippen LogP contribution in [0, 0.1) is 0 Å². The molecule has 0 radical (unpaired) electrons. The van der Waals surface area contributed by atoms with E-state index in [-0.39, 0.29) is 17.9 Å². The smallest absolute Gasteiger partial charge is 0.481 e. The summed E-state index contributed by atoms with van der Waals surface area (Å²) < 4.78 is 34.3. The van der Waals surface area contributed by atoms with Crippen LogP contribution in [0.5, 0.6) is 11.5 Å². The third-order valence-electron chi connectivity index (χ3n) is 2.35. The third-order valence-corrected chi connectivity index (χ3v) is 2.35. The number of halogens is 2. The maximum Gasteiger partial charge on any atom is 0.586 e. The van der Waals surface area contributed by atoms with Crippen molar-refractivity contribution in [1.29, 1.82) is 0 Å². The van der Waals surface area contributed by atoms with Gasteiger partial charge in [0.15, 0.2) is 11.5 Å². The summed E-state index contributed by atoms with van der Waals surface area (Å²) in [6.07, 6.45) is -2.93. The zero-order valence-electron chi connectivity index (χ0n) is 8.78. The lowest BCUT2D eigenvalue weighted by atomic mass is 10.1. The molecule has 0 saturated carbocycles. The van der Waals surface area contributed by atoms with Crippen LogP contribution in [0.25, 0.3) is 0 Å². The van der Waals surface area contributed by atoms with Crippen molar-refractivity contribution >= 4 is 5.97 Å². The van der Waals surface area contributed by atoms with Crippen LogP contribution in [-0.4, -0.2) is 17.4 Å². The van der Waals surface area contributed by atoms with Crippen molar-refractivity contribution in [3.05, 3.63) is 23.8 Å². The van der Waals surface area contributed by atoms with E-state index in [0.29, 0.717) is 18.4 Å². The number of hydrogen-bond donors (Lipinski definition) is 1. The molecule has 4 nitrogen and oxygen atoms in total. The van der Waals surface area contributed by atoms with Crippen molar-refractivity contribution in [1.82, 2.24) is 0 Å². The van der Waals surface area contributed by atoms with Crippen LogP contribution in [0.15, 0.2) is 18.2 Å². The maximum absolute atomic E-state index is 12.8. The number of hydrogen-bond acceptors (Lipinski definition) is 3. The number of carboxylic acid groups (broad SMARTS) is 1. The number of aryl methyl sites for hydroxylation is 1. The first-order valence-electron chi connectivity index (χ1n) is 5.07. The Morgan fingerprint density at radius 1 is 1.35 bits per heavy atom. The summed E-state index contributed by atoms with van der Waals surface area (Å²) in [6, 6.07) is 4.57. The molecule has 0 spiro atoms. The van der Waals surface area contributed by atoms with Gasteiger partial charge in [-0.05, 0) is 24.5 Å². The number of carboxylic acids is 1. The first-order valence-corrected chi connectivity index (χ1v) is 5.07. The highest BCUT2D eigenvalue weighted by Gasteiger charge is 2.44. The molecule has 1 aliphatic rings. The second-order valence-electron chi connectivity index (χ2n) is 3.66. The second kappa shape index (κ2) is 4.20. The standard InChI is InChI=1S/C11H10F2O4/c12-11(13)16-8-5-1-3-7(10(8)17-11)4-2-6-9(14)15/h1,3,5H,2,4,6H2,(H,14,15). The largest absolute Gasteiger partial charge is 0.586 e. The van der Waals surface area contributed by atoms with Gasteiger partial charge in [-0.1, -0.05) is 12.1 Å². The summed E-state index contributed by atoms with van der Waals surface area (Å²) in [5, 5.41) is 8.49. The molecule has 1 aromatic rings. The number of aliphatic carboxylic acids is 1. The Balaban J connectivity index is 2.10. The lowest BCUT2D eigenvalue weighted by molar-refractivity contribution is -0.286. The van der Waals surface area contributed by atoms with Gasteiger partial charge < -0.3 is 14.6 Å². The molecular formula is C11H10F2O4. The average Bonchev–Trinajstić information content (AvgIpc) is 2.52. The van der Waals surface area contributed by atoms with E-state index in [1.807, 2.05) is 0 Å². The number of carbonyl (C=O) groups is 1. The minimum atomic E-state index is -3.63. The van der Waals surface area contributed by atoms with Crippen LogP contribution in [-0.2, 0) is 11.2 Å². The van der Waals surface area contributed by atoms with E-state index in [1.54, 1.807) is 12.1 Å². The fraction of sp³-hybridized carbons (Fsp3) is 0.364. The van der Waals surface area contributed by atoms with Gasteiger partial charge in [0.1, 0.15) is 0 Å². The van der Waals surface area contributed by atoms with E-state index in [9.17, 15) is 13.6 Å². The van der Waals surface area contributed by atoms with Gasteiger partial charge in [-0.2, -0.15) is 0 Å². The topological polar surface area (TPSA) is 55.8 Å². The summed E-state index contributed by atoms with van der Waals surface area (Å²) in [4.78, 5) is 10.4. The number of alkyl halides is 2. The summed E-state index contributed by atoms with van der Waals surface area (Å²) >= 11 is 0. The summed E-state index contributed by atoms with van der Waals surface area (Å²) in [5.74, 6) is -0.925. The molecule has 1 heterocycles. The molecule has 0 bridgehead atoms. The van der Waals surface area contributed by atoms with Gasteiger partial charge >= 0.3 is 12.3 Å². The fourth-order valence-corrected chi connectivity index (χ4v) is 1.65. The average molecular weight is 244 g/mol. The van der Waals surface area contributed by atoms with Crippen LogP contribution in [0.2, 0.25) is 0 Å². The van der Waals surface area contributed by atoms with Crippen molar-refractivity contribution in [2.75, 3.05) is 0 Å². The van der Waals surface area contributed by atoms with Gasteiger partial charge in [-0.25, -0.2) is 0 Å². The van der Waals surface area contributed by atoms with Crippen molar-refractivity contribution < 1.29 is 28.2 Å². The lowest BCUT2D eigenvalue weighted by Crippen LogP contribution is -2.26. The molecule has 0 aromatic heterocycles. The van der Waals surface area contributed by atoms with Gasteiger partial charge in [0.2, 0.25) is 0 Å². The van der Waals surface area contributed by atoms with Crippen molar-refractivity contribution in [2.45, 2.75) is 25.6 Å². The summed E-state index contributed by atoms with van der Waals surface area (Å²) in [5.41, 5.74) is 0.529. The van der Waals surface area contributed by atoms with Gasteiger partial charge in [-0.15, -0.1) is 8.78 Å². The third kappa shape index (κ3) is 2.64. The highest BCUT2D eigenvalue weighted by atomic mass is 19.3. The summed E-state index contributed by atoms with van der Waals surface area (Å²) in [6.45, 7) is 0. The molecule has 92 valence electrons. The summed E-state index contributed by atoms with van der Waals surface area (Å²) in [7, 11) is 0. The molecule has 0 unspecified atom stereocenters. The van der Waals surface area contributed by atoms with Gasteiger partial charge in [-0.3, -0.25) is 4.79 Å². The normalized spacial score (nSPS) is 15.9. The number of rotatable bonds is 4. The van der Waals surface area contributed by atoms with Crippen LogP contribution in [0.1, 0.15) is 18.4 Å². The van der Waals surface area contributed by atoms with Gasteiger partial charge in [0.05, 0.1) is 0 Å². The minimum Gasteiger partial charge on any atom is -0.481 e. The molecule has 1 aromatic carbocycles. The molecule has 2 rings (SSSR count). The Hall–Kier alpha value is -1.85. The number of fused-ring (bicyclic) bond motifs is 1. The molecule has 1 N–H and O–H groups in total. The predicted molar refractivity (Wildman–Crippen MR) is 53.2 cm³/mol. The molecule has 0 fully saturated rings. The lowest BCUT2D eigenvalue weighted by Gasteiger charge is -2.06. The Morgan fingerprint density at radius 2 is 2.12 bits per heavy atom. The van der Waals surface area contributed by atoms with Gasteiger partial charge in [0.25, 0.3) is 0 Å². The molecule has 0 atom stereocenters. The van der Waals surface area contributed by atoms with Gasteiger partial charge in [0, 0.05) is 6.42 Å². The Bertz CT molecular complexity index is 445. The SMILES string of the molecule is O=C(O)CCCc1cccc2c1OC(F)(F)O2. The molecule has 0 amide bonds. The zero-order valence-corrected chi connectivity index (χ0v) is 8.78. The first kappa shape index (κ1) is 11.6. The van der Waals surface area contributed by atoms with E-state index in [2.05, 4.69) is 9.47 Å². The quantitative estimate of drug-likeness (QED) is 0.883. The van der Waals surface area contributed by atoms with Crippen molar-refractivity contribution in [2.24, 2.45) is 0 Å². The van der Waals surface area contributed by atoms with E-state index in [0.717, 1.165) is 0 Å². The number of ether oxygens (including phenoxy) is 2. The molecular weight excluding hydrogens is 234 g/mol.